The molecule has 74 valence electrons. The molecule has 1 atom stereocenters. The maximum atomic E-state index is 11.7. The fourth-order valence-electron chi connectivity index (χ4n) is 2.23. The fraction of sp³-hybridized carbons (Fsp3) is 0.154. The van der Waals surface area contributed by atoms with Gasteiger partial charge in [0.15, 0.2) is 5.78 Å². The summed E-state index contributed by atoms with van der Waals surface area (Å²) in [6, 6.07) is 9.74. The lowest BCUT2D eigenvalue weighted by Crippen LogP contribution is -1.94. The maximum absolute atomic E-state index is 11.7. The molecule has 3 rings (SSSR count). The summed E-state index contributed by atoms with van der Waals surface area (Å²) in [4.78, 5) is 11.7. The predicted octanol–water partition coefficient (Wildman–Crippen LogP) is 3.00. The number of benzene rings is 1. The molecule has 0 bridgehead atoms. The zero-order valence-electron chi connectivity index (χ0n) is 8.14. The van der Waals surface area contributed by atoms with Gasteiger partial charge in [0.1, 0.15) is 0 Å². The van der Waals surface area contributed by atoms with Crippen LogP contribution in [0.1, 0.15) is 33.8 Å². The van der Waals surface area contributed by atoms with E-state index in [0.29, 0.717) is 6.42 Å². The molecule has 0 N–H and O–H groups in total. The second-order valence-electron chi connectivity index (χ2n) is 3.82. The van der Waals surface area contributed by atoms with Gasteiger partial charge in [-0.15, -0.1) is 0 Å². The predicted molar refractivity (Wildman–Crippen MR) is 55.9 cm³/mol. The number of furan rings is 1. The lowest BCUT2D eigenvalue weighted by Gasteiger charge is -2.06. The van der Waals surface area contributed by atoms with Gasteiger partial charge < -0.3 is 4.42 Å². The molecule has 1 heterocycles. The monoisotopic (exact) mass is 198 g/mol. The van der Waals surface area contributed by atoms with E-state index in [-0.39, 0.29) is 11.7 Å². The van der Waals surface area contributed by atoms with E-state index in [1.807, 2.05) is 30.3 Å². The first kappa shape index (κ1) is 8.48. The van der Waals surface area contributed by atoms with Crippen LogP contribution in [-0.4, -0.2) is 5.78 Å². The molecule has 0 unspecified atom stereocenters. The van der Waals surface area contributed by atoms with Gasteiger partial charge in [-0.2, -0.15) is 0 Å². The molecule has 15 heavy (non-hydrogen) atoms. The Labute approximate surface area is 87.5 Å². The lowest BCUT2D eigenvalue weighted by molar-refractivity contribution is 0.0991. The highest BCUT2D eigenvalue weighted by molar-refractivity contribution is 6.01. The van der Waals surface area contributed by atoms with E-state index in [9.17, 15) is 4.79 Å². The highest BCUT2D eigenvalue weighted by atomic mass is 16.3. The van der Waals surface area contributed by atoms with E-state index in [4.69, 9.17) is 4.42 Å². The van der Waals surface area contributed by atoms with Crippen LogP contribution in [0.15, 0.2) is 47.3 Å². The summed E-state index contributed by atoms with van der Waals surface area (Å²) < 4.78 is 5.07. The van der Waals surface area contributed by atoms with Gasteiger partial charge in [-0.25, -0.2) is 0 Å². The second kappa shape index (κ2) is 3.09. The highest BCUT2D eigenvalue weighted by Crippen LogP contribution is 2.37. The normalized spacial score (nSPS) is 19.2. The molecule has 0 aliphatic heterocycles. The average molecular weight is 198 g/mol. The van der Waals surface area contributed by atoms with Crippen LogP contribution in [0.4, 0.5) is 0 Å². The number of rotatable bonds is 1. The molecule has 0 fully saturated rings. The Morgan fingerprint density at radius 2 is 2.07 bits per heavy atom. The smallest absolute Gasteiger partial charge is 0.164 e. The number of Topliss-reactive ketones (excluding diaryl/α,β-unsaturated/α-hetero) is 1. The largest absolute Gasteiger partial charge is 0.472 e. The molecule has 1 aliphatic rings. The quantitative estimate of drug-likeness (QED) is 0.705. The molecular formula is C13H10O2. The fourth-order valence-corrected chi connectivity index (χ4v) is 2.23. The van der Waals surface area contributed by atoms with Gasteiger partial charge >= 0.3 is 0 Å². The first-order chi connectivity index (χ1) is 7.36. The van der Waals surface area contributed by atoms with E-state index in [1.54, 1.807) is 12.5 Å². The average Bonchev–Trinajstić information content (AvgIpc) is 2.87. The van der Waals surface area contributed by atoms with Crippen molar-refractivity contribution in [3.8, 4) is 0 Å². The van der Waals surface area contributed by atoms with Crippen molar-refractivity contribution in [2.24, 2.45) is 0 Å². The molecule has 0 saturated carbocycles. The number of fused-ring (bicyclic) bond motifs is 1. The van der Waals surface area contributed by atoms with Gasteiger partial charge in [0.2, 0.25) is 0 Å². The van der Waals surface area contributed by atoms with E-state index in [2.05, 4.69) is 0 Å². The van der Waals surface area contributed by atoms with Crippen molar-refractivity contribution < 1.29 is 9.21 Å². The molecule has 1 aliphatic carbocycles. The first-order valence-corrected chi connectivity index (χ1v) is 5.00. The first-order valence-electron chi connectivity index (χ1n) is 5.00. The zero-order chi connectivity index (χ0) is 10.3. The molecule has 2 heteroatoms. The van der Waals surface area contributed by atoms with Crippen LogP contribution in [-0.2, 0) is 0 Å². The number of hydrogen-bond donors (Lipinski definition) is 0. The SMILES string of the molecule is O=C1C[C@H](c2ccoc2)c2ccccc21. The third-order valence-electron chi connectivity index (χ3n) is 2.97. The molecule has 0 saturated heterocycles. The van der Waals surface area contributed by atoms with Crippen molar-refractivity contribution in [3.05, 3.63) is 59.5 Å². The van der Waals surface area contributed by atoms with Crippen LogP contribution in [0.2, 0.25) is 0 Å². The summed E-state index contributed by atoms with van der Waals surface area (Å²) >= 11 is 0. The van der Waals surface area contributed by atoms with E-state index in [1.165, 1.54) is 0 Å². The van der Waals surface area contributed by atoms with Gasteiger partial charge in [-0.1, -0.05) is 24.3 Å². The number of ketones is 1. The summed E-state index contributed by atoms with van der Waals surface area (Å²) in [6.45, 7) is 0. The van der Waals surface area contributed by atoms with Crippen molar-refractivity contribution in [2.75, 3.05) is 0 Å². The van der Waals surface area contributed by atoms with Crippen LogP contribution in [0.3, 0.4) is 0 Å². The van der Waals surface area contributed by atoms with Crippen molar-refractivity contribution in [1.29, 1.82) is 0 Å². The standard InChI is InChI=1S/C13H10O2/c14-13-7-12(9-5-6-15-8-9)10-3-1-2-4-11(10)13/h1-6,8,12H,7H2/t12-/m1/s1. The Kier molecular flexibility index (Phi) is 1.75. The van der Waals surface area contributed by atoms with Gasteiger partial charge in [-0.05, 0) is 17.2 Å². The van der Waals surface area contributed by atoms with Crippen LogP contribution >= 0.6 is 0 Å². The summed E-state index contributed by atoms with van der Waals surface area (Å²) in [5.74, 6) is 0.421. The van der Waals surface area contributed by atoms with Gasteiger partial charge in [0.25, 0.3) is 0 Å². The Morgan fingerprint density at radius 3 is 2.87 bits per heavy atom. The van der Waals surface area contributed by atoms with E-state index < -0.39 is 0 Å². The van der Waals surface area contributed by atoms with Gasteiger partial charge in [0, 0.05) is 17.9 Å². The van der Waals surface area contributed by atoms with Crippen molar-refractivity contribution in [2.45, 2.75) is 12.3 Å². The number of hydrogen-bond acceptors (Lipinski definition) is 2. The molecule has 0 spiro atoms. The van der Waals surface area contributed by atoms with Crippen molar-refractivity contribution in [1.82, 2.24) is 0 Å². The summed E-state index contributed by atoms with van der Waals surface area (Å²) in [5, 5.41) is 0. The Bertz CT molecular complexity index is 497. The van der Waals surface area contributed by atoms with Crippen molar-refractivity contribution in [3.63, 3.8) is 0 Å². The number of carbonyl (C=O) groups excluding carboxylic acids is 1. The Balaban J connectivity index is 2.13. The van der Waals surface area contributed by atoms with Crippen LogP contribution < -0.4 is 0 Å². The molecule has 1 aromatic carbocycles. The van der Waals surface area contributed by atoms with Gasteiger partial charge in [0.05, 0.1) is 12.5 Å². The second-order valence-corrected chi connectivity index (χ2v) is 3.82. The van der Waals surface area contributed by atoms with Crippen LogP contribution in [0.25, 0.3) is 0 Å². The topological polar surface area (TPSA) is 30.2 Å². The molecule has 1 aromatic heterocycles. The molecule has 0 radical (unpaired) electrons. The molecule has 2 aromatic rings. The lowest BCUT2D eigenvalue weighted by atomic mass is 9.95. The Hall–Kier alpha value is -1.83. The molecular weight excluding hydrogens is 188 g/mol. The highest BCUT2D eigenvalue weighted by Gasteiger charge is 2.30. The van der Waals surface area contributed by atoms with Crippen molar-refractivity contribution >= 4 is 5.78 Å². The minimum absolute atomic E-state index is 0.187. The van der Waals surface area contributed by atoms with Gasteiger partial charge in [-0.3, -0.25) is 4.79 Å². The van der Waals surface area contributed by atoms with E-state index in [0.717, 1.165) is 16.7 Å². The molecule has 2 nitrogen and oxygen atoms in total. The van der Waals surface area contributed by atoms with Crippen LogP contribution in [0, 0.1) is 0 Å². The Morgan fingerprint density at radius 1 is 1.20 bits per heavy atom. The third kappa shape index (κ3) is 1.22. The summed E-state index contributed by atoms with van der Waals surface area (Å²) in [7, 11) is 0. The minimum Gasteiger partial charge on any atom is -0.472 e. The molecule has 0 amide bonds. The third-order valence-corrected chi connectivity index (χ3v) is 2.97. The summed E-state index contributed by atoms with van der Waals surface area (Å²) in [5.41, 5.74) is 3.08. The zero-order valence-corrected chi connectivity index (χ0v) is 8.14. The maximum Gasteiger partial charge on any atom is 0.164 e. The summed E-state index contributed by atoms with van der Waals surface area (Å²) in [6.07, 6.45) is 3.94. The number of carbonyl (C=O) groups is 1. The minimum atomic E-state index is 0.187. The van der Waals surface area contributed by atoms with E-state index >= 15 is 0 Å². The van der Waals surface area contributed by atoms with Crippen LogP contribution in [0.5, 0.6) is 0 Å².